The van der Waals surface area contributed by atoms with Crippen LogP contribution in [0.25, 0.3) is 11.0 Å². The van der Waals surface area contributed by atoms with E-state index < -0.39 is 10.0 Å². The second-order valence-corrected chi connectivity index (χ2v) is 8.10. The molecule has 0 bridgehead atoms. The number of hydrogen-bond donors (Lipinski definition) is 1. The molecule has 0 aliphatic carbocycles. The summed E-state index contributed by atoms with van der Waals surface area (Å²) < 4.78 is 46.0. The average molecular weight is 428 g/mol. The van der Waals surface area contributed by atoms with Crippen LogP contribution < -0.4 is 14.2 Å². The lowest BCUT2D eigenvalue weighted by molar-refractivity contribution is 0.340. The van der Waals surface area contributed by atoms with E-state index in [9.17, 15) is 8.42 Å². The second-order valence-electron chi connectivity index (χ2n) is 6.42. The van der Waals surface area contributed by atoms with Crippen molar-refractivity contribution in [2.45, 2.75) is 18.4 Å². The van der Waals surface area contributed by atoms with E-state index in [2.05, 4.69) is 15.0 Å². The third-order valence-electron chi connectivity index (χ3n) is 4.40. The van der Waals surface area contributed by atoms with Crippen LogP contribution in [0.15, 0.2) is 64.3 Å². The van der Waals surface area contributed by atoms with Gasteiger partial charge in [-0.1, -0.05) is 5.16 Å². The fraction of sp³-hybridized carbons (Fsp3) is 0.200. The Bertz CT molecular complexity index is 1250. The fourth-order valence-corrected chi connectivity index (χ4v) is 4.07. The molecule has 0 amide bonds. The molecule has 4 aromatic rings. The lowest BCUT2D eigenvalue weighted by atomic mass is 10.1. The van der Waals surface area contributed by atoms with Gasteiger partial charge < -0.3 is 14.0 Å². The quantitative estimate of drug-likeness (QED) is 0.459. The Morgan fingerprint density at radius 3 is 2.67 bits per heavy atom. The van der Waals surface area contributed by atoms with Crippen LogP contribution >= 0.6 is 0 Å². The van der Waals surface area contributed by atoms with Gasteiger partial charge in [0, 0.05) is 12.4 Å². The highest BCUT2D eigenvalue weighted by molar-refractivity contribution is 7.92. The van der Waals surface area contributed by atoms with Crippen molar-refractivity contribution < 1.29 is 22.4 Å². The van der Waals surface area contributed by atoms with Crippen LogP contribution in [0.2, 0.25) is 0 Å². The van der Waals surface area contributed by atoms with Crippen molar-refractivity contribution in [2.24, 2.45) is 0 Å². The van der Waals surface area contributed by atoms with Crippen molar-refractivity contribution >= 4 is 26.8 Å². The van der Waals surface area contributed by atoms with Crippen molar-refractivity contribution in [3.8, 4) is 11.5 Å². The number of anilines is 1. The number of benzene rings is 2. The van der Waals surface area contributed by atoms with Gasteiger partial charge in [0.2, 0.25) is 0 Å². The molecule has 0 spiro atoms. The molecule has 0 radical (unpaired) electrons. The van der Waals surface area contributed by atoms with E-state index in [1.165, 1.54) is 19.2 Å². The molecule has 10 heteroatoms. The summed E-state index contributed by atoms with van der Waals surface area (Å²) in [6, 6.07) is 11.5. The predicted octanol–water partition coefficient (Wildman–Crippen LogP) is 3.28. The van der Waals surface area contributed by atoms with Crippen LogP contribution in [0, 0.1) is 0 Å². The van der Waals surface area contributed by atoms with Crippen molar-refractivity contribution in [2.75, 3.05) is 18.4 Å². The van der Waals surface area contributed by atoms with Gasteiger partial charge in [0.1, 0.15) is 16.9 Å². The van der Waals surface area contributed by atoms with Crippen LogP contribution in [0.5, 0.6) is 11.5 Å². The van der Waals surface area contributed by atoms with E-state index in [1.54, 1.807) is 35.1 Å². The summed E-state index contributed by atoms with van der Waals surface area (Å²) in [6.07, 6.45) is 3.53. The maximum atomic E-state index is 12.8. The number of ether oxygens (including phenoxy) is 2. The van der Waals surface area contributed by atoms with Crippen molar-refractivity contribution in [3.63, 3.8) is 0 Å². The standard InChI is InChI=1S/C20H20N4O5S/c1-3-28-15-5-7-16(8-6-15)30(25,26)23-20-19-17(27-2)11-14(12-18(19)29-22-20)13-24-10-4-9-21-24/h4-12H,3,13H2,1-2H3,(H,22,23). The molecule has 0 unspecified atom stereocenters. The van der Waals surface area contributed by atoms with Crippen LogP contribution in [0.3, 0.4) is 0 Å². The minimum Gasteiger partial charge on any atom is -0.496 e. The number of aromatic nitrogens is 3. The van der Waals surface area contributed by atoms with Gasteiger partial charge in [-0.2, -0.15) is 5.10 Å². The first-order valence-electron chi connectivity index (χ1n) is 9.19. The molecular weight excluding hydrogens is 408 g/mol. The molecule has 2 heterocycles. The van der Waals surface area contributed by atoms with E-state index in [0.717, 1.165) is 5.56 Å². The van der Waals surface area contributed by atoms with Gasteiger partial charge in [0.05, 0.1) is 25.2 Å². The highest BCUT2D eigenvalue weighted by Gasteiger charge is 2.22. The largest absolute Gasteiger partial charge is 0.496 e. The Kier molecular flexibility index (Phi) is 5.32. The van der Waals surface area contributed by atoms with Gasteiger partial charge in [0.25, 0.3) is 10.0 Å². The Morgan fingerprint density at radius 1 is 1.20 bits per heavy atom. The first-order valence-corrected chi connectivity index (χ1v) is 10.7. The highest BCUT2D eigenvalue weighted by Crippen LogP contribution is 2.35. The maximum absolute atomic E-state index is 12.8. The normalized spacial score (nSPS) is 11.5. The summed E-state index contributed by atoms with van der Waals surface area (Å²) in [6.45, 7) is 2.86. The minimum absolute atomic E-state index is 0.0568. The Hall–Kier alpha value is -3.53. The SMILES string of the molecule is CCOc1ccc(S(=O)(=O)Nc2noc3cc(Cn4cccn4)cc(OC)c23)cc1. The van der Waals surface area contributed by atoms with Crippen molar-refractivity contribution in [1.82, 2.24) is 14.9 Å². The van der Waals surface area contributed by atoms with Gasteiger partial charge in [-0.3, -0.25) is 9.40 Å². The lowest BCUT2D eigenvalue weighted by Gasteiger charge is -2.09. The van der Waals surface area contributed by atoms with E-state index in [1.807, 2.05) is 19.2 Å². The van der Waals surface area contributed by atoms with Gasteiger partial charge in [-0.25, -0.2) is 8.42 Å². The zero-order valence-electron chi connectivity index (χ0n) is 16.4. The summed E-state index contributed by atoms with van der Waals surface area (Å²) in [4.78, 5) is 0.0800. The van der Waals surface area contributed by atoms with Gasteiger partial charge in [-0.05, 0) is 55.0 Å². The van der Waals surface area contributed by atoms with E-state index in [-0.39, 0.29) is 10.7 Å². The van der Waals surface area contributed by atoms with Gasteiger partial charge in [0.15, 0.2) is 11.4 Å². The van der Waals surface area contributed by atoms with Crippen molar-refractivity contribution in [1.29, 1.82) is 0 Å². The molecule has 0 fully saturated rings. The Balaban J connectivity index is 1.65. The number of rotatable bonds is 8. The average Bonchev–Trinajstić information content (AvgIpc) is 3.38. The molecule has 0 aliphatic rings. The van der Waals surface area contributed by atoms with Crippen LogP contribution in [-0.2, 0) is 16.6 Å². The first kappa shape index (κ1) is 19.8. The van der Waals surface area contributed by atoms with Crippen molar-refractivity contribution in [3.05, 3.63) is 60.4 Å². The molecule has 1 N–H and O–H groups in total. The van der Waals surface area contributed by atoms with E-state index >= 15 is 0 Å². The molecular formula is C20H20N4O5S. The minimum atomic E-state index is -3.88. The molecule has 2 aromatic carbocycles. The third-order valence-corrected chi connectivity index (χ3v) is 5.75. The molecule has 156 valence electrons. The third kappa shape index (κ3) is 3.94. The highest BCUT2D eigenvalue weighted by atomic mass is 32.2. The van der Waals surface area contributed by atoms with Gasteiger partial charge >= 0.3 is 0 Å². The summed E-state index contributed by atoms with van der Waals surface area (Å²) in [5.41, 5.74) is 1.28. The monoisotopic (exact) mass is 428 g/mol. The molecule has 2 aromatic heterocycles. The summed E-state index contributed by atoms with van der Waals surface area (Å²) >= 11 is 0. The first-order chi connectivity index (χ1) is 14.5. The summed E-state index contributed by atoms with van der Waals surface area (Å²) in [5, 5.41) is 8.53. The molecule has 30 heavy (non-hydrogen) atoms. The smallest absolute Gasteiger partial charge is 0.263 e. The predicted molar refractivity (Wildman–Crippen MR) is 110 cm³/mol. The number of sulfonamides is 1. The number of fused-ring (bicyclic) bond motifs is 1. The number of hydrogen-bond acceptors (Lipinski definition) is 7. The Labute approximate surface area is 173 Å². The zero-order valence-corrected chi connectivity index (χ0v) is 17.2. The van der Waals surface area contributed by atoms with Gasteiger partial charge in [-0.15, -0.1) is 0 Å². The number of nitrogens with one attached hydrogen (secondary N) is 1. The zero-order chi connectivity index (χ0) is 21.1. The molecule has 0 saturated carbocycles. The van der Waals surface area contributed by atoms with E-state index in [0.29, 0.717) is 35.6 Å². The van der Waals surface area contributed by atoms with Crippen LogP contribution in [0.4, 0.5) is 5.82 Å². The van der Waals surface area contributed by atoms with E-state index in [4.69, 9.17) is 14.0 Å². The second kappa shape index (κ2) is 8.07. The number of methoxy groups -OCH3 is 1. The lowest BCUT2D eigenvalue weighted by Crippen LogP contribution is -2.13. The molecule has 9 nitrogen and oxygen atoms in total. The molecule has 0 saturated heterocycles. The Morgan fingerprint density at radius 2 is 2.00 bits per heavy atom. The summed E-state index contributed by atoms with van der Waals surface area (Å²) in [5.74, 6) is 1.09. The number of nitrogens with zero attached hydrogens (tertiary/aromatic N) is 3. The molecule has 0 aliphatic heterocycles. The van der Waals surface area contributed by atoms with Crippen LogP contribution in [-0.4, -0.2) is 37.1 Å². The summed E-state index contributed by atoms with van der Waals surface area (Å²) in [7, 11) is -2.38. The van der Waals surface area contributed by atoms with Crippen LogP contribution in [0.1, 0.15) is 12.5 Å². The topological polar surface area (TPSA) is 108 Å². The molecule has 4 rings (SSSR count). The molecule has 0 atom stereocenters. The fourth-order valence-electron chi connectivity index (χ4n) is 3.06. The maximum Gasteiger partial charge on any atom is 0.263 e.